The van der Waals surface area contributed by atoms with Gasteiger partial charge in [0.25, 0.3) is 5.69 Å². The highest BCUT2D eigenvalue weighted by atomic mass is 32.2. The van der Waals surface area contributed by atoms with Crippen LogP contribution in [0.5, 0.6) is 11.5 Å². The number of quaternary nitrogens is 1. The molecule has 8 heteroatoms. The maximum atomic E-state index is 6.75. The molecule has 0 aliphatic carbocycles. The fraction of sp³-hybridized carbons (Fsp3) is 0.0333. The van der Waals surface area contributed by atoms with Gasteiger partial charge in [0.05, 0.1) is 32.3 Å². The van der Waals surface area contributed by atoms with Crippen LogP contribution in [-0.4, -0.2) is 14.1 Å². The van der Waals surface area contributed by atoms with Crippen LogP contribution in [0.25, 0.3) is 50.0 Å². The molecule has 4 aliphatic heterocycles. The topological polar surface area (TPSA) is 39.7 Å². The average Bonchev–Trinajstić information content (AvgIpc) is 3.57. The Morgan fingerprint density at radius 2 is 1.79 bits per heavy atom. The van der Waals surface area contributed by atoms with Crippen molar-refractivity contribution in [1.82, 2.24) is 18.8 Å². The third-order valence-corrected chi connectivity index (χ3v) is 9.82. The summed E-state index contributed by atoms with van der Waals surface area (Å²) in [4.78, 5) is 7.05. The van der Waals surface area contributed by atoms with E-state index in [2.05, 4.69) is 103 Å². The number of benzene rings is 3. The van der Waals surface area contributed by atoms with Gasteiger partial charge < -0.3 is 4.74 Å². The highest BCUT2D eigenvalue weighted by molar-refractivity contribution is 7.99. The third kappa shape index (κ3) is 1.62. The smallest absolute Gasteiger partial charge is 0.352 e. The van der Waals surface area contributed by atoms with E-state index in [0.29, 0.717) is 4.70 Å². The predicted molar refractivity (Wildman–Crippen MR) is 144 cm³/mol. The number of fused-ring (bicyclic) bond motifs is 5. The van der Waals surface area contributed by atoms with Crippen molar-refractivity contribution in [3.05, 3.63) is 85.3 Å². The maximum Gasteiger partial charge on any atom is 0.352 e. The van der Waals surface area contributed by atoms with E-state index in [0.717, 1.165) is 28.7 Å². The molecule has 38 heavy (non-hydrogen) atoms. The van der Waals surface area contributed by atoms with Gasteiger partial charge in [0.1, 0.15) is 5.56 Å². The molecule has 0 saturated carbocycles. The van der Waals surface area contributed by atoms with Crippen LogP contribution >= 0.6 is 11.8 Å². The van der Waals surface area contributed by atoms with Crippen molar-refractivity contribution < 1.29 is 14.1 Å². The molecule has 0 saturated heterocycles. The van der Waals surface area contributed by atoms with Gasteiger partial charge in [-0.3, -0.25) is 4.98 Å². The SMILES string of the molecule is Cn1c2[n+](c3ccccc31)[N+]13c4c(cccc4-2)Oc2ccc4c(c21)-n1c2c(cncc2c2ccc[n+]3c21)S4. The molecule has 7 nitrogen and oxygen atoms in total. The van der Waals surface area contributed by atoms with Crippen molar-refractivity contribution in [2.75, 3.05) is 0 Å². The van der Waals surface area contributed by atoms with E-state index in [9.17, 15) is 0 Å². The van der Waals surface area contributed by atoms with Crippen LogP contribution in [0.3, 0.4) is 0 Å². The van der Waals surface area contributed by atoms with Crippen LogP contribution in [0.2, 0.25) is 0 Å². The van der Waals surface area contributed by atoms with E-state index in [-0.39, 0.29) is 0 Å². The molecule has 4 aromatic heterocycles. The lowest BCUT2D eigenvalue weighted by Crippen LogP contribution is -2.84. The first-order valence-electron chi connectivity index (χ1n) is 12.7. The standard InChI is InChI=1S/C30H17N6OS/c1-32-19-8-2-3-9-20(19)35-29(32)17-6-4-10-21-27(17)36(35)28-22(37-21)11-12-23-26(28)34-25-18(14-31-15-24(25)38-23)16-7-5-13-33(36)30(16)34/h2-15H,1H3/q+3. The molecule has 3 aromatic carbocycles. The molecule has 1 unspecified atom stereocenters. The molecular weight excluding hydrogens is 492 g/mol. The van der Waals surface area contributed by atoms with Gasteiger partial charge in [0.2, 0.25) is 17.0 Å². The van der Waals surface area contributed by atoms with Crippen LogP contribution in [-0.2, 0) is 7.05 Å². The number of aromatic nitrogens is 5. The van der Waals surface area contributed by atoms with Crippen molar-refractivity contribution >= 4 is 56.1 Å². The average molecular weight is 510 g/mol. The van der Waals surface area contributed by atoms with Gasteiger partial charge in [-0.2, -0.15) is 4.57 Å². The van der Waals surface area contributed by atoms with Gasteiger partial charge in [-0.05, 0) is 53.2 Å². The number of imidazole rings is 1. The number of pyridine rings is 2. The summed E-state index contributed by atoms with van der Waals surface area (Å²) in [6.45, 7) is 0. The largest absolute Gasteiger partial charge is 0.444 e. The van der Waals surface area contributed by atoms with Crippen molar-refractivity contribution in [3.63, 3.8) is 0 Å². The summed E-state index contributed by atoms with van der Waals surface area (Å²) in [6, 6.07) is 23.9. The number of ether oxygens (including phenoxy) is 1. The zero-order valence-electron chi connectivity index (χ0n) is 20.1. The molecular formula is C30H17N6OS+3. The van der Waals surface area contributed by atoms with Gasteiger partial charge >= 0.3 is 17.2 Å². The number of nitrogens with zero attached hydrogens (tertiary/aromatic N) is 6. The number of para-hydroxylation sites is 3. The van der Waals surface area contributed by atoms with Crippen molar-refractivity contribution in [2.45, 2.75) is 9.79 Å². The lowest BCUT2D eigenvalue weighted by atomic mass is 10.1. The lowest BCUT2D eigenvalue weighted by Gasteiger charge is -2.35. The predicted octanol–water partition coefficient (Wildman–Crippen LogP) is 5.68. The highest BCUT2D eigenvalue weighted by Gasteiger charge is 2.69. The van der Waals surface area contributed by atoms with Gasteiger partial charge in [0.15, 0.2) is 23.0 Å². The third-order valence-electron chi connectivity index (χ3n) is 8.75. The fourth-order valence-electron chi connectivity index (χ4n) is 7.49. The summed E-state index contributed by atoms with van der Waals surface area (Å²) in [5, 5.41) is 2.38. The number of aryl methyl sites for hydroxylation is 1. The van der Waals surface area contributed by atoms with Crippen molar-refractivity contribution in [2.24, 2.45) is 7.05 Å². The van der Waals surface area contributed by atoms with Crippen LogP contribution in [0.4, 0.5) is 11.4 Å². The molecule has 0 N–H and O–H groups in total. The Balaban J connectivity index is 1.52. The summed E-state index contributed by atoms with van der Waals surface area (Å²) >= 11 is 1.80. The highest BCUT2D eigenvalue weighted by Crippen LogP contribution is 2.62. The fourth-order valence-corrected chi connectivity index (χ4v) is 8.56. The first-order chi connectivity index (χ1) is 18.8. The molecule has 0 bridgehead atoms. The van der Waals surface area contributed by atoms with Crippen LogP contribution in [0.15, 0.2) is 95.1 Å². The van der Waals surface area contributed by atoms with E-state index in [4.69, 9.17) is 4.74 Å². The summed E-state index contributed by atoms with van der Waals surface area (Å²) in [5.74, 6) is 2.94. The van der Waals surface area contributed by atoms with Gasteiger partial charge in [-0.15, -0.1) is 0 Å². The molecule has 176 valence electrons. The van der Waals surface area contributed by atoms with E-state index < -0.39 is 0 Å². The second-order valence-electron chi connectivity index (χ2n) is 10.4. The first kappa shape index (κ1) is 18.6. The lowest BCUT2D eigenvalue weighted by molar-refractivity contribution is -1.01. The van der Waals surface area contributed by atoms with E-state index >= 15 is 0 Å². The Morgan fingerprint density at radius 1 is 0.868 bits per heavy atom. The first-order valence-corrected chi connectivity index (χ1v) is 13.5. The molecule has 0 radical (unpaired) electrons. The Hall–Kier alpha value is -4.66. The van der Waals surface area contributed by atoms with Crippen molar-refractivity contribution in [3.8, 4) is 28.6 Å². The Morgan fingerprint density at radius 3 is 2.76 bits per heavy atom. The zero-order valence-corrected chi connectivity index (χ0v) is 20.9. The number of hydrogen-bond donors (Lipinski definition) is 0. The van der Waals surface area contributed by atoms with Crippen LogP contribution in [0.1, 0.15) is 0 Å². The summed E-state index contributed by atoms with van der Waals surface area (Å²) in [7, 11) is 2.17. The minimum atomic E-state index is 0.387. The van der Waals surface area contributed by atoms with Crippen molar-refractivity contribution in [1.29, 1.82) is 0 Å². The quantitative estimate of drug-likeness (QED) is 0.195. The van der Waals surface area contributed by atoms with Gasteiger partial charge in [-0.25, -0.2) is 4.57 Å². The molecule has 7 aromatic rings. The number of rotatable bonds is 0. The number of hydrogen-bond acceptors (Lipinski definition) is 3. The maximum absolute atomic E-state index is 6.75. The van der Waals surface area contributed by atoms with E-state index in [1.807, 2.05) is 12.4 Å². The minimum Gasteiger partial charge on any atom is -0.444 e. The Labute approximate surface area is 219 Å². The molecule has 1 spiro atoms. The molecule has 11 rings (SSSR count). The molecule has 1 atom stereocenters. The zero-order chi connectivity index (χ0) is 24.5. The summed E-state index contributed by atoms with van der Waals surface area (Å²) in [5.41, 5.74) is 9.43. The summed E-state index contributed by atoms with van der Waals surface area (Å²) in [6.07, 6.45) is 6.25. The Bertz CT molecular complexity index is 2330. The molecule has 4 aliphatic rings. The second-order valence-corrected chi connectivity index (χ2v) is 11.4. The minimum absolute atomic E-state index is 0.387. The molecule has 8 heterocycles. The monoisotopic (exact) mass is 509 g/mol. The van der Waals surface area contributed by atoms with Gasteiger partial charge in [0, 0.05) is 17.1 Å². The van der Waals surface area contributed by atoms with E-state index in [1.165, 1.54) is 54.0 Å². The molecule has 0 amide bonds. The molecule has 0 fully saturated rings. The Kier molecular flexibility index (Phi) is 2.73. The second kappa shape index (κ2) is 5.60. The van der Waals surface area contributed by atoms with Crippen LogP contribution < -0.4 is 18.8 Å². The normalized spacial score (nSPS) is 18.3. The van der Waals surface area contributed by atoms with Crippen LogP contribution in [0, 0.1) is 0 Å². The van der Waals surface area contributed by atoms with Gasteiger partial charge in [-0.1, -0.05) is 30.0 Å². The summed E-state index contributed by atoms with van der Waals surface area (Å²) < 4.78 is 16.9. The van der Waals surface area contributed by atoms with E-state index in [1.54, 1.807) is 11.8 Å².